The Kier molecular flexibility index (Phi) is 8.62. The lowest BCUT2D eigenvalue weighted by atomic mass is 10.3. The van der Waals surface area contributed by atoms with E-state index in [1.807, 2.05) is 0 Å². The summed E-state index contributed by atoms with van der Waals surface area (Å²) < 4.78 is 0. The number of allylic oxidation sites excluding steroid dienone is 3. The molecule has 0 aliphatic carbocycles. The third-order valence-corrected chi connectivity index (χ3v) is 16.8. The van der Waals surface area contributed by atoms with E-state index < -0.39 is 14.5 Å². The van der Waals surface area contributed by atoms with Gasteiger partial charge in [-0.1, -0.05) is 116 Å². The molecule has 0 spiro atoms. The van der Waals surface area contributed by atoms with E-state index in [0.29, 0.717) is 0 Å². The minimum Gasteiger partial charge on any atom is -0.0620 e. The summed E-state index contributed by atoms with van der Waals surface area (Å²) in [6, 6.07) is 66.2. The van der Waals surface area contributed by atoms with Crippen LogP contribution in [0.1, 0.15) is 6.92 Å². The van der Waals surface area contributed by atoms with Crippen LogP contribution >= 0.6 is 14.5 Å². The predicted octanol–water partition coefficient (Wildman–Crippen LogP) is 8.39. The van der Waals surface area contributed by atoms with E-state index in [4.69, 9.17) is 6.58 Å². The Morgan fingerprint density at radius 3 is 0.814 bits per heavy atom. The molecule has 0 amide bonds. The number of benzene rings is 6. The van der Waals surface area contributed by atoms with Gasteiger partial charge < -0.3 is 0 Å². The molecular formula is C41H36P2+2. The zero-order chi connectivity index (χ0) is 29.5. The van der Waals surface area contributed by atoms with E-state index in [1.165, 1.54) is 37.1 Å². The second-order valence-corrected chi connectivity index (χ2v) is 17.7. The van der Waals surface area contributed by atoms with Crippen LogP contribution in [0.3, 0.4) is 0 Å². The Balaban J connectivity index is 1.68. The van der Waals surface area contributed by atoms with E-state index >= 15 is 0 Å². The number of hydrogen-bond acceptors (Lipinski definition) is 0. The van der Waals surface area contributed by atoms with Crippen LogP contribution in [0.2, 0.25) is 0 Å². The molecule has 43 heavy (non-hydrogen) atoms. The van der Waals surface area contributed by atoms with Crippen molar-refractivity contribution in [1.82, 2.24) is 0 Å². The lowest BCUT2D eigenvalue weighted by Crippen LogP contribution is -2.33. The average Bonchev–Trinajstić information content (AvgIpc) is 3.08. The zero-order valence-corrected chi connectivity index (χ0v) is 26.3. The molecule has 0 saturated carbocycles. The molecule has 6 rings (SSSR count). The Labute approximate surface area is 257 Å². The van der Waals surface area contributed by atoms with E-state index in [9.17, 15) is 0 Å². The lowest BCUT2D eigenvalue weighted by Gasteiger charge is -2.30. The Morgan fingerprint density at radius 2 is 0.581 bits per heavy atom. The topological polar surface area (TPSA) is 0 Å². The van der Waals surface area contributed by atoms with Gasteiger partial charge in [-0.15, -0.1) is 0 Å². The monoisotopic (exact) mass is 590 g/mol. The first-order valence-corrected chi connectivity index (χ1v) is 18.3. The third kappa shape index (κ3) is 5.23. The Hall–Kier alpha value is -4.34. The van der Waals surface area contributed by atoms with Crippen LogP contribution in [0.4, 0.5) is 0 Å². The van der Waals surface area contributed by atoms with Crippen molar-refractivity contribution in [3.63, 3.8) is 0 Å². The fourth-order valence-electron chi connectivity index (χ4n) is 6.35. The summed E-state index contributed by atoms with van der Waals surface area (Å²) in [5.41, 5.74) is 0. The van der Waals surface area contributed by atoms with Crippen LogP contribution in [0.25, 0.3) is 0 Å². The summed E-state index contributed by atoms with van der Waals surface area (Å²) in [5, 5.41) is 10.5. The van der Waals surface area contributed by atoms with Gasteiger partial charge in [0.05, 0.1) is 5.31 Å². The summed E-state index contributed by atoms with van der Waals surface area (Å²) >= 11 is 0. The molecule has 0 saturated heterocycles. The molecule has 0 fully saturated rings. The van der Waals surface area contributed by atoms with Crippen LogP contribution < -0.4 is 31.8 Å². The predicted molar refractivity (Wildman–Crippen MR) is 193 cm³/mol. The standard InChI is InChI=1S/C41H36P2/c1-34(42(36-21-9-3-10-22-36,37-23-11-4-12-24-37)38-25-13-5-14-26-38)33-35(2)43(39-27-15-6-16-28-39,40-29-17-7-18-30-40)41-31-19-8-20-32-41/h3-33H,1H2,2H3/q+2/b35-33+. The quantitative estimate of drug-likeness (QED) is 0.117. The van der Waals surface area contributed by atoms with Gasteiger partial charge in [0.1, 0.15) is 51.7 Å². The lowest BCUT2D eigenvalue weighted by molar-refractivity contribution is 1.60. The molecule has 6 aromatic rings. The highest BCUT2D eigenvalue weighted by Gasteiger charge is 2.51. The van der Waals surface area contributed by atoms with Crippen LogP contribution in [0, 0.1) is 0 Å². The maximum absolute atomic E-state index is 4.98. The summed E-state index contributed by atoms with van der Waals surface area (Å²) in [6.45, 7) is 7.32. The van der Waals surface area contributed by atoms with Crippen LogP contribution in [0.15, 0.2) is 205 Å². The van der Waals surface area contributed by atoms with Gasteiger partial charge in [-0.2, -0.15) is 0 Å². The van der Waals surface area contributed by atoms with Crippen LogP contribution in [-0.4, -0.2) is 0 Å². The van der Waals surface area contributed by atoms with E-state index in [1.54, 1.807) is 0 Å². The van der Waals surface area contributed by atoms with Gasteiger partial charge in [0, 0.05) is 6.08 Å². The minimum atomic E-state index is -2.30. The second-order valence-electron chi connectivity index (χ2n) is 10.6. The zero-order valence-electron chi connectivity index (χ0n) is 24.5. The molecule has 0 N–H and O–H groups in total. The maximum Gasteiger partial charge on any atom is 0.143 e. The van der Waals surface area contributed by atoms with Crippen molar-refractivity contribution >= 4 is 46.4 Å². The molecule has 0 radical (unpaired) electrons. The molecule has 0 unspecified atom stereocenters. The summed E-state index contributed by atoms with van der Waals surface area (Å²) in [6.07, 6.45) is 2.45. The first-order chi connectivity index (χ1) is 21.2. The van der Waals surface area contributed by atoms with Crippen LogP contribution in [-0.2, 0) is 0 Å². The normalized spacial score (nSPS) is 12.1. The molecule has 2 heteroatoms. The Bertz CT molecular complexity index is 1600. The smallest absolute Gasteiger partial charge is 0.0620 e. The molecule has 0 bridgehead atoms. The fourth-order valence-corrected chi connectivity index (χ4v) is 14.9. The average molecular weight is 591 g/mol. The van der Waals surface area contributed by atoms with Gasteiger partial charge in [-0.25, -0.2) is 0 Å². The van der Waals surface area contributed by atoms with Crippen LogP contribution in [0.5, 0.6) is 0 Å². The highest BCUT2D eigenvalue weighted by Crippen LogP contribution is 2.67. The van der Waals surface area contributed by atoms with Crippen molar-refractivity contribution in [1.29, 1.82) is 0 Å². The van der Waals surface area contributed by atoms with Gasteiger partial charge in [0.2, 0.25) is 0 Å². The largest absolute Gasteiger partial charge is 0.143 e. The van der Waals surface area contributed by atoms with Crippen molar-refractivity contribution in [2.45, 2.75) is 6.92 Å². The molecule has 0 heterocycles. The van der Waals surface area contributed by atoms with Crippen molar-refractivity contribution in [2.24, 2.45) is 0 Å². The summed E-state index contributed by atoms with van der Waals surface area (Å²) in [7, 11) is -4.52. The first-order valence-electron chi connectivity index (χ1n) is 14.7. The summed E-state index contributed by atoms with van der Waals surface area (Å²) in [5.74, 6) is 0. The second kappa shape index (κ2) is 12.9. The third-order valence-electron chi connectivity index (χ3n) is 8.20. The molecule has 0 aliphatic rings. The number of rotatable bonds is 9. The van der Waals surface area contributed by atoms with Crippen molar-refractivity contribution in [2.75, 3.05) is 0 Å². The highest BCUT2D eigenvalue weighted by atomic mass is 31.2. The van der Waals surface area contributed by atoms with Gasteiger partial charge in [0.15, 0.2) is 0 Å². The fraction of sp³-hybridized carbons (Fsp3) is 0.0244. The van der Waals surface area contributed by atoms with E-state index in [-0.39, 0.29) is 0 Å². The van der Waals surface area contributed by atoms with Crippen molar-refractivity contribution < 1.29 is 0 Å². The van der Waals surface area contributed by atoms with Gasteiger partial charge in [-0.3, -0.25) is 0 Å². The molecular weight excluding hydrogens is 554 g/mol. The molecule has 0 nitrogen and oxygen atoms in total. The molecule has 0 atom stereocenters. The van der Waals surface area contributed by atoms with E-state index in [0.717, 1.165) is 5.31 Å². The van der Waals surface area contributed by atoms with E-state index in [2.05, 4.69) is 195 Å². The molecule has 0 aromatic heterocycles. The first kappa shape index (κ1) is 28.8. The van der Waals surface area contributed by atoms with Crippen molar-refractivity contribution in [3.05, 3.63) is 205 Å². The van der Waals surface area contributed by atoms with Gasteiger partial charge in [0.25, 0.3) is 0 Å². The van der Waals surface area contributed by atoms with Crippen molar-refractivity contribution in [3.8, 4) is 0 Å². The Morgan fingerprint density at radius 1 is 0.372 bits per heavy atom. The van der Waals surface area contributed by atoms with Gasteiger partial charge in [-0.05, 0) is 79.7 Å². The highest BCUT2D eigenvalue weighted by molar-refractivity contribution is 8.00. The maximum atomic E-state index is 4.98. The molecule has 208 valence electrons. The summed E-state index contributed by atoms with van der Waals surface area (Å²) in [4.78, 5) is 0. The van der Waals surface area contributed by atoms with Gasteiger partial charge >= 0.3 is 0 Å². The molecule has 6 aromatic carbocycles. The minimum absolute atomic E-state index is 1.15. The SMILES string of the molecule is C=C(/C=C(\C)[P+](c1ccccc1)(c1ccccc1)c1ccccc1)[P+](c1ccccc1)(c1ccccc1)c1ccccc1. The number of hydrogen-bond donors (Lipinski definition) is 0. The molecule has 0 aliphatic heterocycles.